The predicted molar refractivity (Wildman–Crippen MR) is 49.6 cm³/mol. The Morgan fingerprint density at radius 3 is 3.00 bits per heavy atom. The number of hydrogen-bond donors (Lipinski definition) is 0. The maximum absolute atomic E-state index is 12.0. The molecule has 0 unspecified atom stereocenters. The average molecular weight is 201 g/mol. The van der Waals surface area contributed by atoms with Crippen LogP contribution in [0.15, 0.2) is 0 Å². The van der Waals surface area contributed by atoms with Gasteiger partial charge in [0.15, 0.2) is 0 Å². The molecule has 0 saturated carbocycles. The lowest BCUT2D eigenvalue weighted by Crippen LogP contribution is -2.31. The van der Waals surface area contributed by atoms with Crippen LogP contribution >= 0.6 is 0 Å². The second kappa shape index (κ2) is 3.85. The molecule has 14 heavy (non-hydrogen) atoms. The Morgan fingerprint density at radius 1 is 1.57 bits per heavy atom. The molecular formula is C10H16FNO2. The van der Waals surface area contributed by atoms with Crippen LogP contribution in [0.5, 0.6) is 0 Å². The van der Waals surface area contributed by atoms with Crippen molar-refractivity contribution in [3.8, 4) is 0 Å². The Kier molecular flexibility index (Phi) is 2.72. The number of fused-ring (bicyclic) bond motifs is 1. The third kappa shape index (κ3) is 1.75. The number of carbonyl (C=O) groups is 1. The van der Waals surface area contributed by atoms with E-state index in [1.807, 2.05) is 0 Å². The summed E-state index contributed by atoms with van der Waals surface area (Å²) in [4.78, 5) is 13.1. The van der Waals surface area contributed by atoms with Crippen molar-refractivity contribution in [2.75, 3.05) is 19.8 Å². The zero-order chi connectivity index (χ0) is 10.1. The number of likely N-dealkylation sites (tertiary alicyclic amines) is 1. The molecule has 0 spiro atoms. The monoisotopic (exact) mass is 201 g/mol. The van der Waals surface area contributed by atoms with E-state index in [4.69, 9.17) is 4.74 Å². The van der Waals surface area contributed by atoms with Gasteiger partial charge >= 0.3 is 0 Å². The van der Waals surface area contributed by atoms with E-state index < -0.39 is 6.67 Å². The van der Waals surface area contributed by atoms with Crippen LogP contribution in [0.1, 0.15) is 19.8 Å². The minimum atomic E-state index is -0.554. The molecule has 0 aliphatic carbocycles. The third-order valence-corrected chi connectivity index (χ3v) is 3.08. The van der Waals surface area contributed by atoms with Crippen molar-refractivity contribution >= 4 is 5.91 Å². The van der Waals surface area contributed by atoms with Crippen molar-refractivity contribution in [1.82, 2.24) is 4.90 Å². The molecule has 0 aromatic heterocycles. The number of carbonyl (C=O) groups excluding carboxylic acids is 1. The Bertz CT molecular complexity index is 220. The summed E-state index contributed by atoms with van der Waals surface area (Å²) in [6.07, 6.45) is 1.58. The standard InChI is InChI=1S/C10H16FNO2/c1-7-4-8-5-12(6-9(8)14-7)10(13)2-3-11/h7-9H,2-6H2,1H3/t7-,8+,9-/m0/s1. The van der Waals surface area contributed by atoms with Gasteiger partial charge in [-0.3, -0.25) is 9.18 Å². The predicted octanol–water partition coefficient (Wildman–Crippen LogP) is 0.982. The van der Waals surface area contributed by atoms with Gasteiger partial charge in [-0.15, -0.1) is 0 Å². The number of ether oxygens (including phenoxy) is 1. The van der Waals surface area contributed by atoms with Crippen molar-refractivity contribution in [3.05, 3.63) is 0 Å². The van der Waals surface area contributed by atoms with Crippen LogP contribution in [0.4, 0.5) is 4.39 Å². The zero-order valence-corrected chi connectivity index (χ0v) is 8.41. The Hall–Kier alpha value is -0.640. The SMILES string of the molecule is C[C@H]1C[C@@H]2CN(C(=O)CCF)C[C@@H]2O1. The number of alkyl halides is 1. The molecule has 2 aliphatic rings. The summed E-state index contributed by atoms with van der Waals surface area (Å²) in [7, 11) is 0. The van der Waals surface area contributed by atoms with Crippen LogP contribution < -0.4 is 0 Å². The highest BCUT2D eigenvalue weighted by molar-refractivity contribution is 5.76. The fourth-order valence-electron chi connectivity index (χ4n) is 2.44. The molecule has 0 N–H and O–H groups in total. The molecular weight excluding hydrogens is 185 g/mol. The van der Waals surface area contributed by atoms with E-state index in [9.17, 15) is 9.18 Å². The van der Waals surface area contributed by atoms with E-state index in [1.165, 1.54) is 0 Å². The summed E-state index contributed by atoms with van der Waals surface area (Å²) in [5.41, 5.74) is 0. The lowest BCUT2D eigenvalue weighted by molar-refractivity contribution is -0.131. The second-order valence-electron chi connectivity index (χ2n) is 4.22. The molecule has 4 heteroatoms. The van der Waals surface area contributed by atoms with Crippen LogP contribution in [0, 0.1) is 5.92 Å². The summed E-state index contributed by atoms with van der Waals surface area (Å²) in [6, 6.07) is 0. The number of rotatable bonds is 2. The van der Waals surface area contributed by atoms with E-state index in [1.54, 1.807) is 4.90 Å². The van der Waals surface area contributed by atoms with Gasteiger partial charge in [0.2, 0.25) is 5.91 Å². The summed E-state index contributed by atoms with van der Waals surface area (Å²) in [5, 5.41) is 0. The molecule has 0 bridgehead atoms. The van der Waals surface area contributed by atoms with E-state index in [0.717, 1.165) is 13.0 Å². The molecule has 2 rings (SSSR count). The normalized spacial score (nSPS) is 36.1. The maximum Gasteiger partial charge on any atom is 0.225 e. The van der Waals surface area contributed by atoms with Crippen LogP contribution in [0.3, 0.4) is 0 Å². The minimum absolute atomic E-state index is 0.0228. The van der Waals surface area contributed by atoms with Crippen LogP contribution in [0.25, 0.3) is 0 Å². The highest BCUT2D eigenvalue weighted by Crippen LogP contribution is 2.32. The Morgan fingerprint density at radius 2 is 2.36 bits per heavy atom. The molecule has 2 heterocycles. The lowest BCUT2D eigenvalue weighted by atomic mass is 10.0. The quantitative estimate of drug-likeness (QED) is 0.666. The minimum Gasteiger partial charge on any atom is -0.373 e. The van der Waals surface area contributed by atoms with Gasteiger partial charge in [0.1, 0.15) is 0 Å². The van der Waals surface area contributed by atoms with Crippen LogP contribution in [0.2, 0.25) is 0 Å². The van der Waals surface area contributed by atoms with Gasteiger partial charge in [0.05, 0.1) is 25.3 Å². The summed E-state index contributed by atoms with van der Waals surface area (Å²) >= 11 is 0. The fraction of sp³-hybridized carbons (Fsp3) is 0.900. The van der Waals surface area contributed by atoms with Gasteiger partial charge in [-0.2, -0.15) is 0 Å². The van der Waals surface area contributed by atoms with E-state index >= 15 is 0 Å². The van der Waals surface area contributed by atoms with Crippen LogP contribution in [-0.2, 0) is 9.53 Å². The lowest BCUT2D eigenvalue weighted by Gasteiger charge is -2.17. The van der Waals surface area contributed by atoms with Gasteiger partial charge in [0, 0.05) is 19.0 Å². The number of halogens is 1. The molecule has 3 atom stereocenters. The highest BCUT2D eigenvalue weighted by Gasteiger charge is 2.41. The number of hydrogen-bond acceptors (Lipinski definition) is 2. The molecule has 2 aliphatic heterocycles. The molecule has 0 aromatic rings. The molecule has 2 fully saturated rings. The average Bonchev–Trinajstić information content (AvgIpc) is 2.61. The fourth-order valence-corrected chi connectivity index (χ4v) is 2.44. The van der Waals surface area contributed by atoms with Gasteiger partial charge in [-0.25, -0.2) is 0 Å². The van der Waals surface area contributed by atoms with E-state index in [0.29, 0.717) is 18.6 Å². The molecule has 1 amide bonds. The zero-order valence-electron chi connectivity index (χ0n) is 8.41. The summed E-state index contributed by atoms with van der Waals surface area (Å²) in [6.45, 7) is 2.93. The van der Waals surface area contributed by atoms with Crippen molar-refractivity contribution in [1.29, 1.82) is 0 Å². The first-order valence-electron chi connectivity index (χ1n) is 5.20. The van der Waals surface area contributed by atoms with Crippen LogP contribution in [-0.4, -0.2) is 42.8 Å². The van der Waals surface area contributed by atoms with E-state index in [2.05, 4.69) is 6.92 Å². The van der Waals surface area contributed by atoms with Crippen molar-refractivity contribution < 1.29 is 13.9 Å². The molecule has 3 nitrogen and oxygen atoms in total. The topological polar surface area (TPSA) is 29.5 Å². The first-order valence-corrected chi connectivity index (χ1v) is 5.20. The van der Waals surface area contributed by atoms with Gasteiger partial charge in [-0.1, -0.05) is 0 Å². The van der Waals surface area contributed by atoms with Crippen molar-refractivity contribution in [2.24, 2.45) is 5.92 Å². The summed E-state index contributed by atoms with van der Waals surface area (Å²) < 4.78 is 17.6. The van der Waals surface area contributed by atoms with Gasteiger partial charge in [0.25, 0.3) is 0 Å². The smallest absolute Gasteiger partial charge is 0.225 e. The van der Waals surface area contributed by atoms with Crippen molar-refractivity contribution in [3.63, 3.8) is 0 Å². The summed E-state index contributed by atoms with van der Waals surface area (Å²) in [5.74, 6) is 0.409. The first kappa shape index (κ1) is 9.90. The second-order valence-corrected chi connectivity index (χ2v) is 4.22. The van der Waals surface area contributed by atoms with E-state index in [-0.39, 0.29) is 18.4 Å². The van der Waals surface area contributed by atoms with Gasteiger partial charge in [-0.05, 0) is 13.3 Å². The number of amides is 1. The largest absolute Gasteiger partial charge is 0.373 e. The molecule has 2 saturated heterocycles. The maximum atomic E-state index is 12.0. The molecule has 80 valence electrons. The highest BCUT2D eigenvalue weighted by atomic mass is 19.1. The molecule has 0 aromatic carbocycles. The molecule has 0 radical (unpaired) electrons. The third-order valence-electron chi connectivity index (χ3n) is 3.08. The first-order chi connectivity index (χ1) is 6.70. The van der Waals surface area contributed by atoms with Crippen molar-refractivity contribution in [2.45, 2.75) is 32.0 Å². The number of nitrogens with zero attached hydrogens (tertiary/aromatic N) is 1. The Balaban J connectivity index is 1.88. The van der Waals surface area contributed by atoms with Gasteiger partial charge < -0.3 is 9.64 Å². The Labute approximate surface area is 83.2 Å².